The van der Waals surface area contributed by atoms with Crippen LogP contribution in [-0.2, 0) is 0 Å². The minimum absolute atomic E-state index is 0.235. The normalized spacial score (nSPS) is 9.81. The number of hydrogen-bond acceptors (Lipinski definition) is 2. The van der Waals surface area contributed by atoms with Crippen LogP contribution in [0.3, 0.4) is 0 Å². The molecular weight excluding hydrogens is 227 g/mol. The first kappa shape index (κ1) is 10.6. The molecule has 1 heterocycles. The maximum atomic E-state index is 12.7. The fraction of sp³-hybridized carbons (Fsp3) is 0. The Hall–Kier alpha value is -1.92. The van der Waals surface area contributed by atoms with Gasteiger partial charge in [-0.05, 0) is 29.8 Å². The van der Waals surface area contributed by atoms with Gasteiger partial charge in [0.25, 0.3) is 0 Å². The van der Waals surface area contributed by atoms with Crippen LogP contribution in [0, 0.1) is 17.1 Å². The Bertz CT molecular complexity index is 558. The van der Waals surface area contributed by atoms with E-state index < -0.39 is 0 Å². The molecule has 0 amide bonds. The minimum atomic E-state index is -0.316. The summed E-state index contributed by atoms with van der Waals surface area (Å²) >= 11 is 5.69. The predicted molar refractivity (Wildman–Crippen MR) is 59.4 cm³/mol. The summed E-state index contributed by atoms with van der Waals surface area (Å²) < 4.78 is 12.7. The Kier molecular flexibility index (Phi) is 2.84. The van der Waals surface area contributed by atoms with Crippen LogP contribution in [0.1, 0.15) is 5.69 Å². The molecule has 0 aliphatic carbocycles. The first-order chi connectivity index (χ1) is 7.70. The molecule has 2 aromatic rings. The molecule has 1 aromatic heterocycles. The van der Waals surface area contributed by atoms with Crippen molar-refractivity contribution in [1.29, 1.82) is 5.26 Å². The van der Waals surface area contributed by atoms with Crippen molar-refractivity contribution >= 4 is 11.6 Å². The van der Waals surface area contributed by atoms with Crippen LogP contribution in [0.15, 0.2) is 36.4 Å². The van der Waals surface area contributed by atoms with Crippen LogP contribution in [0.2, 0.25) is 5.15 Å². The van der Waals surface area contributed by atoms with E-state index in [0.29, 0.717) is 5.56 Å². The van der Waals surface area contributed by atoms with Crippen LogP contribution in [-0.4, -0.2) is 4.98 Å². The van der Waals surface area contributed by atoms with Gasteiger partial charge in [0.1, 0.15) is 22.7 Å². The fourth-order valence-electron chi connectivity index (χ4n) is 1.38. The van der Waals surface area contributed by atoms with Gasteiger partial charge in [-0.25, -0.2) is 9.37 Å². The Morgan fingerprint density at radius 3 is 2.44 bits per heavy atom. The van der Waals surface area contributed by atoms with Gasteiger partial charge < -0.3 is 0 Å². The zero-order valence-electron chi connectivity index (χ0n) is 8.11. The lowest BCUT2D eigenvalue weighted by atomic mass is 10.0. The third-order valence-corrected chi connectivity index (χ3v) is 2.33. The molecule has 0 saturated heterocycles. The van der Waals surface area contributed by atoms with Gasteiger partial charge in [0.15, 0.2) is 0 Å². The van der Waals surface area contributed by atoms with Gasteiger partial charge in [0.2, 0.25) is 0 Å². The molecule has 0 N–H and O–H groups in total. The maximum Gasteiger partial charge on any atom is 0.150 e. The Morgan fingerprint density at radius 1 is 1.12 bits per heavy atom. The lowest BCUT2D eigenvalue weighted by molar-refractivity contribution is 0.628. The van der Waals surface area contributed by atoms with E-state index in [-0.39, 0.29) is 16.7 Å². The zero-order chi connectivity index (χ0) is 11.5. The highest BCUT2D eigenvalue weighted by Crippen LogP contribution is 2.23. The summed E-state index contributed by atoms with van der Waals surface area (Å²) in [4.78, 5) is 3.90. The van der Waals surface area contributed by atoms with Crippen LogP contribution in [0.25, 0.3) is 11.1 Å². The lowest BCUT2D eigenvalue weighted by Gasteiger charge is -2.03. The van der Waals surface area contributed by atoms with Gasteiger partial charge in [-0.1, -0.05) is 23.7 Å². The average molecular weight is 233 g/mol. The molecule has 0 bridgehead atoms. The highest BCUT2D eigenvalue weighted by Gasteiger charge is 2.06. The van der Waals surface area contributed by atoms with Crippen molar-refractivity contribution < 1.29 is 4.39 Å². The van der Waals surface area contributed by atoms with Gasteiger partial charge in [0.05, 0.1) is 0 Å². The highest BCUT2D eigenvalue weighted by molar-refractivity contribution is 6.29. The molecule has 0 saturated carbocycles. The lowest BCUT2D eigenvalue weighted by Crippen LogP contribution is -1.89. The molecule has 2 nitrogen and oxygen atoms in total. The number of rotatable bonds is 1. The number of hydrogen-bond donors (Lipinski definition) is 0. The van der Waals surface area contributed by atoms with E-state index in [0.717, 1.165) is 5.56 Å². The molecule has 0 spiro atoms. The summed E-state index contributed by atoms with van der Waals surface area (Å²) in [5.74, 6) is -0.316. The van der Waals surface area contributed by atoms with Crippen molar-refractivity contribution in [2.45, 2.75) is 0 Å². The van der Waals surface area contributed by atoms with Crippen molar-refractivity contribution in [2.24, 2.45) is 0 Å². The molecule has 0 radical (unpaired) electrons. The molecule has 0 aliphatic heterocycles. The van der Waals surface area contributed by atoms with Crippen LogP contribution >= 0.6 is 11.6 Å². The van der Waals surface area contributed by atoms with Crippen molar-refractivity contribution in [3.8, 4) is 17.2 Å². The van der Waals surface area contributed by atoms with E-state index >= 15 is 0 Å². The number of nitrogens with zero attached hydrogens (tertiary/aromatic N) is 2. The second-order valence-corrected chi connectivity index (χ2v) is 3.54. The smallest absolute Gasteiger partial charge is 0.150 e. The number of aromatic nitrogens is 1. The van der Waals surface area contributed by atoms with Gasteiger partial charge in [-0.15, -0.1) is 0 Å². The van der Waals surface area contributed by atoms with Gasteiger partial charge in [0, 0.05) is 5.56 Å². The first-order valence-electron chi connectivity index (χ1n) is 4.53. The van der Waals surface area contributed by atoms with Crippen LogP contribution < -0.4 is 0 Å². The van der Waals surface area contributed by atoms with Crippen LogP contribution in [0.4, 0.5) is 4.39 Å². The molecule has 0 aliphatic rings. The van der Waals surface area contributed by atoms with E-state index in [4.69, 9.17) is 16.9 Å². The van der Waals surface area contributed by atoms with Crippen molar-refractivity contribution in [3.05, 3.63) is 53.1 Å². The largest absolute Gasteiger partial charge is 0.225 e. The summed E-state index contributed by atoms with van der Waals surface area (Å²) in [6, 6.07) is 11.1. The number of nitriles is 1. The second kappa shape index (κ2) is 4.30. The SMILES string of the molecule is N#Cc1nc(Cl)ccc1-c1ccc(F)cc1. The van der Waals surface area contributed by atoms with E-state index in [1.807, 2.05) is 6.07 Å². The van der Waals surface area contributed by atoms with E-state index in [9.17, 15) is 4.39 Å². The van der Waals surface area contributed by atoms with Gasteiger partial charge >= 0.3 is 0 Å². The average Bonchev–Trinajstić information content (AvgIpc) is 2.30. The van der Waals surface area contributed by atoms with Crippen molar-refractivity contribution in [1.82, 2.24) is 4.98 Å². The number of pyridine rings is 1. The number of halogens is 2. The summed E-state index contributed by atoms with van der Waals surface area (Å²) in [6.07, 6.45) is 0. The maximum absolute atomic E-state index is 12.7. The highest BCUT2D eigenvalue weighted by atomic mass is 35.5. The van der Waals surface area contributed by atoms with Crippen molar-refractivity contribution in [3.63, 3.8) is 0 Å². The summed E-state index contributed by atoms with van der Waals surface area (Å²) in [5, 5.41) is 9.18. The molecular formula is C12H6ClFN2. The monoisotopic (exact) mass is 232 g/mol. The minimum Gasteiger partial charge on any atom is -0.225 e. The molecule has 0 fully saturated rings. The molecule has 1 aromatic carbocycles. The topological polar surface area (TPSA) is 36.7 Å². The first-order valence-corrected chi connectivity index (χ1v) is 4.91. The standard InChI is InChI=1S/C12H6ClFN2/c13-12-6-5-10(11(7-15)16-12)8-1-3-9(14)4-2-8/h1-6H. The predicted octanol–water partition coefficient (Wildman–Crippen LogP) is 3.41. The Morgan fingerprint density at radius 2 is 1.81 bits per heavy atom. The van der Waals surface area contributed by atoms with Gasteiger partial charge in [-0.2, -0.15) is 5.26 Å². The third kappa shape index (κ3) is 2.02. The van der Waals surface area contributed by atoms with E-state index in [1.54, 1.807) is 24.3 Å². The molecule has 0 unspecified atom stereocenters. The summed E-state index contributed by atoms with van der Waals surface area (Å²) in [6.45, 7) is 0. The van der Waals surface area contributed by atoms with Crippen molar-refractivity contribution in [2.75, 3.05) is 0 Å². The quantitative estimate of drug-likeness (QED) is 0.707. The van der Waals surface area contributed by atoms with E-state index in [2.05, 4.69) is 4.98 Å². The number of benzene rings is 1. The second-order valence-electron chi connectivity index (χ2n) is 3.15. The summed E-state index contributed by atoms with van der Waals surface area (Å²) in [7, 11) is 0. The summed E-state index contributed by atoms with van der Waals surface area (Å²) in [5.41, 5.74) is 1.62. The molecule has 16 heavy (non-hydrogen) atoms. The zero-order valence-corrected chi connectivity index (χ0v) is 8.87. The fourth-order valence-corrected chi connectivity index (χ4v) is 1.53. The molecule has 4 heteroatoms. The van der Waals surface area contributed by atoms with E-state index in [1.165, 1.54) is 12.1 Å². The molecule has 2 rings (SSSR count). The Labute approximate surface area is 96.9 Å². The molecule has 78 valence electrons. The van der Waals surface area contributed by atoms with Gasteiger partial charge in [-0.3, -0.25) is 0 Å². The van der Waals surface area contributed by atoms with Crippen LogP contribution in [0.5, 0.6) is 0 Å². The third-order valence-electron chi connectivity index (χ3n) is 2.12. The Balaban J connectivity index is 2.56. The molecule has 0 atom stereocenters.